The quantitative estimate of drug-likeness (QED) is 0.516. The van der Waals surface area contributed by atoms with E-state index in [-0.39, 0.29) is 6.10 Å². The van der Waals surface area contributed by atoms with Crippen molar-refractivity contribution in [3.05, 3.63) is 0 Å². The zero-order valence-corrected chi connectivity index (χ0v) is 11.1. The van der Waals surface area contributed by atoms with E-state index < -0.39 is 11.8 Å². The highest BCUT2D eigenvalue weighted by Crippen LogP contribution is 2.22. The summed E-state index contributed by atoms with van der Waals surface area (Å²) in [4.78, 5) is 25.2. The molecule has 0 radical (unpaired) electrons. The Morgan fingerprint density at radius 1 is 1.32 bits per heavy atom. The van der Waals surface area contributed by atoms with Crippen molar-refractivity contribution in [2.24, 2.45) is 5.73 Å². The summed E-state index contributed by atoms with van der Waals surface area (Å²) < 4.78 is 5.70. The minimum absolute atomic E-state index is 0.0272. The standard InChI is InChI=1S/C12H22N4O3/c13-3-4-14-11(17)12(18)15-6-10-7-16-5-1-2-9(16)8-19-10/h9-10H,1-8,13H2,(H,14,17)(H,15,18). The number of fused-ring (bicyclic) bond motifs is 1. The molecule has 2 atom stereocenters. The highest BCUT2D eigenvalue weighted by atomic mass is 16.5. The van der Waals surface area contributed by atoms with Crippen LogP contribution in [0.2, 0.25) is 0 Å². The fraction of sp³-hybridized carbons (Fsp3) is 0.833. The van der Waals surface area contributed by atoms with E-state index in [1.165, 1.54) is 12.8 Å². The molecule has 0 aromatic heterocycles. The third kappa shape index (κ3) is 3.89. The van der Waals surface area contributed by atoms with Crippen molar-refractivity contribution in [1.82, 2.24) is 15.5 Å². The van der Waals surface area contributed by atoms with Crippen molar-refractivity contribution < 1.29 is 14.3 Å². The average molecular weight is 270 g/mol. The second-order valence-electron chi connectivity index (χ2n) is 5.00. The van der Waals surface area contributed by atoms with Gasteiger partial charge in [-0.25, -0.2) is 0 Å². The molecular weight excluding hydrogens is 248 g/mol. The average Bonchev–Trinajstić information content (AvgIpc) is 2.89. The molecular formula is C12H22N4O3. The molecule has 0 saturated carbocycles. The van der Waals surface area contributed by atoms with Gasteiger partial charge in [0.2, 0.25) is 0 Å². The maximum atomic E-state index is 11.5. The van der Waals surface area contributed by atoms with Crippen molar-refractivity contribution in [1.29, 1.82) is 0 Å². The molecule has 7 nitrogen and oxygen atoms in total. The zero-order valence-electron chi connectivity index (χ0n) is 11.1. The van der Waals surface area contributed by atoms with E-state index in [4.69, 9.17) is 10.5 Å². The van der Waals surface area contributed by atoms with Gasteiger partial charge in [-0.05, 0) is 19.4 Å². The Morgan fingerprint density at radius 2 is 2.11 bits per heavy atom. The molecule has 0 aromatic rings. The van der Waals surface area contributed by atoms with Gasteiger partial charge in [0.1, 0.15) is 0 Å². The third-order valence-electron chi connectivity index (χ3n) is 3.59. The lowest BCUT2D eigenvalue weighted by Crippen LogP contribution is -2.51. The molecule has 2 unspecified atom stereocenters. The topological polar surface area (TPSA) is 96.7 Å². The Bertz CT molecular complexity index is 337. The molecule has 0 spiro atoms. The first kappa shape index (κ1) is 14.2. The lowest BCUT2D eigenvalue weighted by atomic mass is 10.2. The van der Waals surface area contributed by atoms with Gasteiger partial charge >= 0.3 is 11.8 Å². The summed E-state index contributed by atoms with van der Waals surface area (Å²) in [6, 6.07) is 0.541. The van der Waals surface area contributed by atoms with Crippen molar-refractivity contribution in [3.63, 3.8) is 0 Å². The number of rotatable bonds is 4. The molecule has 0 aliphatic carbocycles. The molecule has 0 bridgehead atoms. The largest absolute Gasteiger partial charge is 0.373 e. The zero-order chi connectivity index (χ0) is 13.7. The van der Waals surface area contributed by atoms with Crippen molar-refractivity contribution >= 4 is 11.8 Å². The first-order valence-electron chi connectivity index (χ1n) is 6.82. The second kappa shape index (κ2) is 6.83. The van der Waals surface area contributed by atoms with Crippen LogP contribution in [0.4, 0.5) is 0 Å². The van der Waals surface area contributed by atoms with Crippen LogP contribution < -0.4 is 16.4 Å². The fourth-order valence-corrected chi connectivity index (χ4v) is 2.56. The van der Waals surface area contributed by atoms with Gasteiger partial charge in [0.25, 0.3) is 0 Å². The number of ether oxygens (including phenoxy) is 1. The van der Waals surface area contributed by atoms with Crippen LogP contribution in [0.3, 0.4) is 0 Å². The van der Waals surface area contributed by atoms with Crippen LogP contribution in [-0.4, -0.2) is 68.2 Å². The molecule has 2 rings (SSSR count). The molecule has 2 amide bonds. The molecule has 2 heterocycles. The predicted octanol–water partition coefficient (Wildman–Crippen LogP) is -1.96. The van der Waals surface area contributed by atoms with Crippen LogP contribution in [0, 0.1) is 0 Å². The highest BCUT2D eigenvalue weighted by molar-refractivity contribution is 6.35. The van der Waals surface area contributed by atoms with Crippen LogP contribution in [0.15, 0.2) is 0 Å². The number of hydrogen-bond donors (Lipinski definition) is 3. The molecule has 7 heteroatoms. The fourth-order valence-electron chi connectivity index (χ4n) is 2.56. The van der Waals surface area contributed by atoms with Crippen LogP contribution in [0.25, 0.3) is 0 Å². The molecule has 2 aliphatic heterocycles. The van der Waals surface area contributed by atoms with E-state index >= 15 is 0 Å². The van der Waals surface area contributed by atoms with Crippen LogP contribution in [-0.2, 0) is 14.3 Å². The van der Waals surface area contributed by atoms with Gasteiger partial charge < -0.3 is 21.1 Å². The van der Waals surface area contributed by atoms with Gasteiger partial charge in [-0.3, -0.25) is 14.5 Å². The number of nitrogens with zero attached hydrogens (tertiary/aromatic N) is 1. The molecule has 0 aromatic carbocycles. The van der Waals surface area contributed by atoms with Gasteiger partial charge in [0.05, 0.1) is 12.7 Å². The first-order valence-corrected chi connectivity index (χ1v) is 6.82. The smallest absolute Gasteiger partial charge is 0.309 e. The molecule has 4 N–H and O–H groups in total. The summed E-state index contributed by atoms with van der Waals surface area (Å²) in [6.07, 6.45) is 2.38. The summed E-state index contributed by atoms with van der Waals surface area (Å²) in [5.41, 5.74) is 5.25. The Kier molecular flexibility index (Phi) is 5.12. The summed E-state index contributed by atoms with van der Waals surface area (Å²) in [5, 5.41) is 5.03. The summed E-state index contributed by atoms with van der Waals surface area (Å²) >= 11 is 0. The number of nitrogens with two attached hydrogens (primary N) is 1. The summed E-state index contributed by atoms with van der Waals surface area (Å²) in [6.45, 7) is 3.66. The monoisotopic (exact) mass is 270 g/mol. The van der Waals surface area contributed by atoms with E-state index in [0.717, 1.165) is 19.7 Å². The predicted molar refractivity (Wildman–Crippen MR) is 69.4 cm³/mol. The minimum atomic E-state index is -0.639. The van der Waals surface area contributed by atoms with Gasteiger partial charge in [-0.1, -0.05) is 0 Å². The number of morpholine rings is 1. The molecule has 19 heavy (non-hydrogen) atoms. The number of carbonyl (C=O) groups is 2. The Labute approximate surface area is 112 Å². The number of amides is 2. The van der Waals surface area contributed by atoms with Crippen molar-refractivity contribution in [3.8, 4) is 0 Å². The SMILES string of the molecule is NCCNC(=O)C(=O)NCC1CN2CCCC2CO1. The maximum Gasteiger partial charge on any atom is 0.309 e. The van der Waals surface area contributed by atoms with E-state index in [0.29, 0.717) is 25.7 Å². The molecule has 2 aliphatic rings. The Morgan fingerprint density at radius 3 is 2.89 bits per heavy atom. The normalized spacial score (nSPS) is 26.8. The van der Waals surface area contributed by atoms with E-state index in [1.54, 1.807) is 0 Å². The minimum Gasteiger partial charge on any atom is -0.373 e. The molecule has 2 fully saturated rings. The van der Waals surface area contributed by atoms with E-state index in [2.05, 4.69) is 15.5 Å². The van der Waals surface area contributed by atoms with E-state index in [1.807, 2.05) is 0 Å². The molecule has 108 valence electrons. The van der Waals surface area contributed by atoms with Gasteiger partial charge in [0, 0.05) is 32.2 Å². The number of carbonyl (C=O) groups excluding carboxylic acids is 2. The van der Waals surface area contributed by atoms with Crippen molar-refractivity contribution in [2.75, 3.05) is 39.3 Å². The number of hydrogen-bond acceptors (Lipinski definition) is 5. The van der Waals surface area contributed by atoms with Crippen molar-refractivity contribution in [2.45, 2.75) is 25.0 Å². The highest BCUT2D eigenvalue weighted by Gasteiger charge is 2.32. The molecule has 2 saturated heterocycles. The van der Waals surface area contributed by atoms with Gasteiger partial charge in [0.15, 0.2) is 0 Å². The van der Waals surface area contributed by atoms with Crippen LogP contribution in [0.1, 0.15) is 12.8 Å². The summed E-state index contributed by atoms with van der Waals surface area (Å²) in [5.74, 6) is -1.26. The maximum absolute atomic E-state index is 11.5. The summed E-state index contributed by atoms with van der Waals surface area (Å²) in [7, 11) is 0. The lowest BCUT2D eigenvalue weighted by molar-refractivity contribution is -0.139. The third-order valence-corrected chi connectivity index (χ3v) is 3.59. The first-order chi connectivity index (χ1) is 9.20. The van der Waals surface area contributed by atoms with Gasteiger partial charge in [-0.15, -0.1) is 0 Å². The Hall–Kier alpha value is -1.18. The lowest BCUT2D eigenvalue weighted by Gasteiger charge is -2.35. The Balaban J connectivity index is 1.67. The van der Waals surface area contributed by atoms with Crippen LogP contribution >= 0.6 is 0 Å². The van der Waals surface area contributed by atoms with Gasteiger partial charge in [-0.2, -0.15) is 0 Å². The number of nitrogens with one attached hydrogen (secondary N) is 2. The van der Waals surface area contributed by atoms with Crippen LogP contribution in [0.5, 0.6) is 0 Å². The van der Waals surface area contributed by atoms with E-state index in [9.17, 15) is 9.59 Å². The second-order valence-corrected chi connectivity index (χ2v) is 5.00.